The molecule has 1 fully saturated rings. The van der Waals surface area contributed by atoms with Gasteiger partial charge < -0.3 is 14.7 Å². The van der Waals surface area contributed by atoms with Crippen LogP contribution in [0.5, 0.6) is 0 Å². The molecule has 1 amide bonds. The number of nitrogens with zero attached hydrogens (tertiary/aromatic N) is 3. The zero-order chi connectivity index (χ0) is 20.8. The third-order valence-corrected chi connectivity index (χ3v) is 5.54. The summed E-state index contributed by atoms with van der Waals surface area (Å²) in [7, 11) is 0. The normalized spacial score (nSPS) is 15.2. The molecule has 154 valence electrons. The van der Waals surface area contributed by atoms with E-state index < -0.39 is 4.92 Å². The van der Waals surface area contributed by atoms with Gasteiger partial charge in [-0.05, 0) is 19.1 Å². The highest BCUT2D eigenvalue weighted by molar-refractivity contribution is 6.30. The van der Waals surface area contributed by atoms with Crippen LogP contribution in [0, 0.1) is 10.1 Å². The minimum atomic E-state index is -0.412. The van der Waals surface area contributed by atoms with Crippen molar-refractivity contribution < 1.29 is 14.6 Å². The quantitative estimate of drug-likeness (QED) is 0.552. The zero-order valence-electron chi connectivity index (χ0n) is 16.5. The SMILES string of the molecule is CC[NH+](CC(=O)N1CCN(c2ccc(Cl)cc2[N+](=O)[O-])CC1)Cc1ccccc1. The summed E-state index contributed by atoms with van der Waals surface area (Å²) in [5, 5.41) is 11.7. The zero-order valence-corrected chi connectivity index (χ0v) is 17.3. The molecular formula is C21H26ClN4O3+. The number of carbonyl (C=O) groups excluding carboxylic acids is 1. The second-order valence-corrected chi connectivity index (χ2v) is 7.64. The summed E-state index contributed by atoms with van der Waals surface area (Å²) in [6.45, 7) is 6.47. The number of halogens is 1. The number of nitro groups is 1. The lowest BCUT2D eigenvalue weighted by Crippen LogP contribution is -3.11. The van der Waals surface area contributed by atoms with E-state index in [2.05, 4.69) is 19.1 Å². The van der Waals surface area contributed by atoms with Crippen LogP contribution in [0.2, 0.25) is 5.02 Å². The molecule has 8 heteroatoms. The van der Waals surface area contributed by atoms with E-state index in [1.165, 1.54) is 16.5 Å². The lowest BCUT2D eigenvalue weighted by Gasteiger charge is -2.36. The van der Waals surface area contributed by atoms with Crippen LogP contribution in [0.3, 0.4) is 0 Å². The highest BCUT2D eigenvalue weighted by Crippen LogP contribution is 2.31. The summed E-state index contributed by atoms with van der Waals surface area (Å²) in [4.78, 5) is 28.7. The molecule has 3 rings (SSSR count). The number of amides is 1. The van der Waals surface area contributed by atoms with Crippen molar-refractivity contribution in [1.29, 1.82) is 0 Å². The first kappa shape index (κ1) is 21.1. The van der Waals surface area contributed by atoms with Gasteiger partial charge in [-0.25, -0.2) is 0 Å². The summed E-state index contributed by atoms with van der Waals surface area (Å²) in [5.41, 5.74) is 1.77. The van der Waals surface area contributed by atoms with E-state index in [0.717, 1.165) is 13.1 Å². The molecule has 1 N–H and O–H groups in total. The highest BCUT2D eigenvalue weighted by Gasteiger charge is 2.27. The number of carbonyl (C=O) groups is 1. The van der Waals surface area contributed by atoms with Crippen LogP contribution < -0.4 is 9.80 Å². The number of quaternary nitrogens is 1. The third kappa shape index (κ3) is 5.46. The Kier molecular flexibility index (Phi) is 7.06. The Hall–Kier alpha value is -2.64. The van der Waals surface area contributed by atoms with E-state index in [1.54, 1.807) is 12.1 Å². The summed E-state index contributed by atoms with van der Waals surface area (Å²) in [6.07, 6.45) is 0. The Morgan fingerprint density at radius 3 is 2.45 bits per heavy atom. The second-order valence-electron chi connectivity index (χ2n) is 7.20. The van der Waals surface area contributed by atoms with Gasteiger partial charge in [0, 0.05) is 42.8 Å². The van der Waals surface area contributed by atoms with Gasteiger partial charge in [-0.1, -0.05) is 41.9 Å². The largest absolute Gasteiger partial charge is 0.362 e. The van der Waals surface area contributed by atoms with Gasteiger partial charge in [-0.15, -0.1) is 0 Å². The standard InChI is InChI=1S/C21H25ClN4O3/c1-2-23(15-17-6-4-3-5-7-17)16-21(27)25-12-10-24(11-13-25)19-9-8-18(22)14-20(19)26(28)29/h3-9,14H,2,10-13,15-16H2,1H3/p+1. The van der Waals surface area contributed by atoms with Gasteiger partial charge in [0.1, 0.15) is 12.2 Å². The molecule has 1 aliphatic heterocycles. The molecule has 1 heterocycles. The Balaban J connectivity index is 1.57. The minimum Gasteiger partial charge on any atom is -0.362 e. The van der Waals surface area contributed by atoms with Gasteiger partial charge in [-0.2, -0.15) is 0 Å². The number of likely N-dealkylation sites (N-methyl/N-ethyl adjacent to an activating group) is 1. The fourth-order valence-electron chi connectivity index (χ4n) is 3.63. The summed E-state index contributed by atoms with van der Waals surface area (Å²) >= 11 is 5.91. The Labute approximate surface area is 175 Å². The summed E-state index contributed by atoms with van der Waals surface area (Å²) in [6, 6.07) is 14.9. The highest BCUT2D eigenvalue weighted by atomic mass is 35.5. The molecule has 1 saturated heterocycles. The molecule has 1 unspecified atom stereocenters. The van der Waals surface area contributed by atoms with E-state index in [-0.39, 0.29) is 11.6 Å². The van der Waals surface area contributed by atoms with Crippen LogP contribution in [0.15, 0.2) is 48.5 Å². The van der Waals surface area contributed by atoms with Crippen LogP contribution in [-0.2, 0) is 11.3 Å². The van der Waals surface area contributed by atoms with Crippen LogP contribution in [-0.4, -0.2) is 55.0 Å². The van der Waals surface area contributed by atoms with Crippen molar-refractivity contribution in [3.05, 3.63) is 69.2 Å². The number of anilines is 1. The fraction of sp³-hybridized carbons (Fsp3) is 0.381. The van der Waals surface area contributed by atoms with Crippen molar-refractivity contribution in [2.75, 3.05) is 44.2 Å². The number of hydrogen-bond acceptors (Lipinski definition) is 4. The molecule has 29 heavy (non-hydrogen) atoms. The van der Waals surface area contributed by atoms with Crippen LogP contribution in [0.25, 0.3) is 0 Å². The van der Waals surface area contributed by atoms with E-state index in [9.17, 15) is 14.9 Å². The Morgan fingerprint density at radius 2 is 1.83 bits per heavy atom. The summed E-state index contributed by atoms with van der Waals surface area (Å²) in [5.74, 6) is 0.128. The molecule has 7 nitrogen and oxygen atoms in total. The molecular weight excluding hydrogens is 392 g/mol. The van der Waals surface area contributed by atoms with Crippen molar-refractivity contribution in [2.24, 2.45) is 0 Å². The van der Waals surface area contributed by atoms with Gasteiger partial charge in [-0.3, -0.25) is 14.9 Å². The first-order valence-electron chi connectivity index (χ1n) is 9.82. The molecule has 2 aromatic rings. The maximum absolute atomic E-state index is 12.8. The Bertz CT molecular complexity index is 854. The molecule has 1 atom stereocenters. The van der Waals surface area contributed by atoms with Crippen molar-refractivity contribution in [3.8, 4) is 0 Å². The molecule has 1 aliphatic rings. The van der Waals surface area contributed by atoms with Crippen LogP contribution >= 0.6 is 11.6 Å². The van der Waals surface area contributed by atoms with Crippen molar-refractivity contribution in [3.63, 3.8) is 0 Å². The van der Waals surface area contributed by atoms with Gasteiger partial charge >= 0.3 is 0 Å². The van der Waals surface area contributed by atoms with Crippen molar-refractivity contribution in [1.82, 2.24) is 4.90 Å². The number of benzene rings is 2. The number of hydrogen-bond donors (Lipinski definition) is 1. The lowest BCUT2D eigenvalue weighted by molar-refractivity contribution is -0.904. The molecule has 0 radical (unpaired) electrons. The molecule has 0 bridgehead atoms. The number of nitro benzene ring substituents is 1. The maximum atomic E-state index is 12.8. The fourth-order valence-corrected chi connectivity index (χ4v) is 3.80. The average molecular weight is 418 g/mol. The van der Waals surface area contributed by atoms with Crippen LogP contribution in [0.4, 0.5) is 11.4 Å². The molecule has 2 aromatic carbocycles. The van der Waals surface area contributed by atoms with Gasteiger partial charge in [0.25, 0.3) is 11.6 Å². The molecule has 0 aliphatic carbocycles. The van der Waals surface area contributed by atoms with Gasteiger partial charge in [0.2, 0.25) is 0 Å². The van der Waals surface area contributed by atoms with Gasteiger partial charge in [0.15, 0.2) is 6.54 Å². The van der Waals surface area contributed by atoms with Crippen LogP contribution in [0.1, 0.15) is 12.5 Å². The van der Waals surface area contributed by atoms with Crippen molar-refractivity contribution in [2.45, 2.75) is 13.5 Å². The number of piperazine rings is 1. The molecule has 0 saturated carbocycles. The molecule has 0 aromatic heterocycles. The minimum absolute atomic E-state index is 0.00161. The topological polar surface area (TPSA) is 71.1 Å². The predicted molar refractivity (Wildman–Crippen MR) is 113 cm³/mol. The predicted octanol–water partition coefficient (Wildman–Crippen LogP) is 2.00. The second kappa shape index (κ2) is 9.71. The Morgan fingerprint density at radius 1 is 1.14 bits per heavy atom. The smallest absolute Gasteiger partial charge is 0.294 e. The monoisotopic (exact) mass is 417 g/mol. The number of rotatable bonds is 7. The van der Waals surface area contributed by atoms with E-state index >= 15 is 0 Å². The van der Waals surface area contributed by atoms with Crippen molar-refractivity contribution >= 4 is 28.9 Å². The summed E-state index contributed by atoms with van der Waals surface area (Å²) < 4.78 is 0. The van der Waals surface area contributed by atoms with Gasteiger partial charge in [0.05, 0.1) is 11.5 Å². The van der Waals surface area contributed by atoms with E-state index in [1.807, 2.05) is 28.0 Å². The third-order valence-electron chi connectivity index (χ3n) is 5.31. The lowest BCUT2D eigenvalue weighted by atomic mass is 10.2. The van der Waals surface area contributed by atoms with E-state index in [0.29, 0.717) is 43.4 Å². The maximum Gasteiger partial charge on any atom is 0.294 e. The van der Waals surface area contributed by atoms with E-state index in [4.69, 9.17) is 11.6 Å². The number of nitrogens with one attached hydrogen (secondary N) is 1. The molecule has 0 spiro atoms. The first-order valence-corrected chi connectivity index (χ1v) is 10.2. The average Bonchev–Trinajstić information content (AvgIpc) is 2.74. The first-order chi connectivity index (χ1) is 14.0.